The molecule has 0 bridgehead atoms. The highest BCUT2D eigenvalue weighted by Gasteiger charge is 2.02. The molecule has 2 rings (SSSR count). The van der Waals surface area contributed by atoms with E-state index in [0.717, 1.165) is 9.47 Å². The third kappa shape index (κ3) is 3.99. The van der Waals surface area contributed by atoms with E-state index in [9.17, 15) is 0 Å². The third-order valence-corrected chi connectivity index (χ3v) is 3.95. The maximum atomic E-state index is 5.55. The number of aromatic nitrogens is 2. The fourth-order valence-corrected chi connectivity index (χ4v) is 2.61. The first kappa shape index (κ1) is 12.3. The van der Waals surface area contributed by atoms with Gasteiger partial charge in [-0.15, -0.1) is 10.2 Å². The molecule has 0 aliphatic rings. The van der Waals surface area contributed by atoms with Gasteiger partial charge < -0.3 is 10.1 Å². The van der Waals surface area contributed by atoms with Crippen LogP contribution in [0.2, 0.25) is 0 Å². The number of hydrogen-bond donors (Lipinski definition) is 1. The SMILES string of the molecule is CNc1nnc(SCOCc2ccccc2)s1. The van der Waals surface area contributed by atoms with Crippen molar-refractivity contribution in [2.24, 2.45) is 0 Å². The molecule has 0 amide bonds. The van der Waals surface area contributed by atoms with Crippen LogP contribution in [0.15, 0.2) is 34.7 Å². The highest BCUT2D eigenvalue weighted by Crippen LogP contribution is 2.25. The van der Waals surface area contributed by atoms with Gasteiger partial charge in [-0.25, -0.2) is 0 Å². The number of anilines is 1. The molecule has 0 saturated heterocycles. The van der Waals surface area contributed by atoms with E-state index >= 15 is 0 Å². The van der Waals surface area contributed by atoms with Crippen molar-refractivity contribution in [2.75, 3.05) is 18.3 Å². The van der Waals surface area contributed by atoms with Crippen molar-refractivity contribution in [1.82, 2.24) is 10.2 Å². The molecule has 0 saturated carbocycles. The number of ether oxygens (including phenoxy) is 1. The molecule has 0 atom stereocenters. The minimum absolute atomic E-state index is 0.591. The zero-order valence-corrected chi connectivity index (χ0v) is 11.1. The zero-order chi connectivity index (χ0) is 11.9. The first-order valence-electron chi connectivity index (χ1n) is 5.14. The van der Waals surface area contributed by atoms with E-state index < -0.39 is 0 Å². The van der Waals surface area contributed by atoms with Crippen LogP contribution in [0.3, 0.4) is 0 Å². The van der Waals surface area contributed by atoms with Gasteiger partial charge in [-0.05, 0) is 5.56 Å². The summed E-state index contributed by atoms with van der Waals surface area (Å²) >= 11 is 3.09. The van der Waals surface area contributed by atoms with Crippen LogP contribution >= 0.6 is 23.1 Å². The molecular weight excluding hydrogens is 254 g/mol. The van der Waals surface area contributed by atoms with Gasteiger partial charge in [0.15, 0.2) is 4.34 Å². The van der Waals surface area contributed by atoms with Gasteiger partial charge >= 0.3 is 0 Å². The number of benzene rings is 1. The van der Waals surface area contributed by atoms with Crippen LogP contribution in [0.5, 0.6) is 0 Å². The Kier molecular flexibility index (Phi) is 4.78. The molecule has 17 heavy (non-hydrogen) atoms. The van der Waals surface area contributed by atoms with Gasteiger partial charge in [-0.1, -0.05) is 53.4 Å². The number of nitrogens with zero attached hydrogens (tertiary/aromatic N) is 2. The molecule has 0 aliphatic carbocycles. The summed E-state index contributed by atoms with van der Waals surface area (Å²) in [6, 6.07) is 10.1. The molecule has 2 aromatic rings. The first-order valence-corrected chi connectivity index (χ1v) is 6.94. The van der Waals surface area contributed by atoms with E-state index in [1.807, 2.05) is 25.2 Å². The van der Waals surface area contributed by atoms with E-state index in [2.05, 4.69) is 27.6 Å². The second-order valence-electron chi connectivity index (χ2n) is 3.22. The Hall–Kier alpha value is -1.11. The molecule has 0 aliphatic heterocycles. The molecule has 0 fully saturated rings. The second kappa shape index (κ2) is 6.58. The predicted octanol–water partition coefficient (Wildman–Crippen LogP) is 2.85. The smallest absolute Gasteiger partial charge is 0.206 e. The molecule has 0 spiro atoms. The maximum absolute atomic E-state index is 5.55. The molecule has 0 radical (unpaired) electrons. The molecule has 90 valence electrons. The predicted molar refractivity (Wildman–Crippen MR) is 71.4 cm³/mol. The van der Waals surface area contributed by atoms with Gasteiger partial charge in [0, 0.05) is 7.05 Å². The van der Waals surface area contributed by atoms with Gasteiger partial charge in [0.2, 0.25) is 5.13 Å². The number of nitrogens with one attached hydrogen (secondary N) is 1. The molecule has 1 aromatic heterocycles. The average Bonchev–Trinajstić information content (AvgIpc) is 2.84. The Morgan fingerprint density at radius 3 is 2.82 bits per heavy atom. The van der Waals surface area contributed by atoms with Crippen molar-refractivity contribution in [3.05, 3.63) is 35.9 Å². The average molecular weight is 267 g/mol. The number of thioether (sulfide) groups is 1. The summed E-state index contributed by atoms with van der Waals surface area (Å²) in [6.07, 6.45) is 0. The summed E-state index contributed by atoms with van der Waals surface area (Å²) in [5.41, 5.74) is 1.18. The molecule has 6 heteroatoms. The second-order valence-corrected chi connectivity index (χ2v) is 5.37. The van der Waals surface area contributed by atoms with Gasteiger partial charge in [0.05, 0.1) is 12.5 Å². The first-order chi connectivity index (χ1) is 8.38. The Bertz CT molecular complexity index is 447. The molecular formula is C11H13N3OS2. The highest BCUT2D eigenvalue weighted by atomic mass is 32.2. The molecule has 0 unspecified atom stereocenters. The van der Waals surface area contributed by atoms with Gasteiger partial charge in [0.1, 0.15) is 0 Å². The molecule has 4 nitrogen and oxygen atoms in total. The third-order valence-electron chi connectivity index (χ3n) is 2.00. The van der Waals surface area contributed by atoms with Crippen LogP contribution in [-0.4, -0.2) is 23.2 Å². The molecule has 1 heterocycles. The lowest BCUT2D eigenvalue weighted by Crippen LogP contribution is -1.91. The van der Waals surface area contributed by atoms with Crippen LogP contribution < -0.4 is 5.32 Å². The maximum Gasteiger partial charge on any atom is 0.206 e. The summed E-state index contributed by atoms with van der Waals surface area (Å²) in [5, 5.41) is 11.8. The topological polar surface area (TPSA) is 47.0 Å². The Morgan fingerprint density at radius 1 is 1.29 bits per heavy atom. The standard InChI is InChI=1S/C11H13N3OS2/c1-12-10-13-14-11(17-10)16-8-15-7-9-5-3-2-4-6-9/h2-6H,7-8H2,1H3,(H,12,13). The highest BCUT2D eigenvalue weighted by molar-refractivity contribution is 8.00. The van der Waals surface area contributed by atoms with Gasteiger partial charge in [-0.2, -0.15) is 0 Å². The fraction of sp³-hybridized carbons (Fsp3) is 0.273. The van der Waals surface area contributed by atoms with Crippen molar-refractivity contribution >= 4 is 28.2 Å². The Balaban J connectivity index is 1.69. The summed E-state index contributed by atoms with van der Waals surface area (Å²) in [5.74, 6) is 0.591. The van der Waals surface area contributed by atoms with Gasteiger partial charge in [-0.3, -0.25) is 0 Å². The van der Waals surface area contributed by atoms with Crippen LogP contribution in [-0.2, 0) is 11.3 Å². The van der Waals surface area contributed by atoms with E-state index in [1.165, 1.54) is 16.9 Å². The van der Waals surface area contributed by atoms with Crippen molar-refractivity contribution in [1.29, 1.82) is 0 Å². The summed E-state index contributed by atoms with van der Waals surface area (Å²) < 4.78 is 6.47. The van der Waals surface area contributed by atoms with Gasteiger partial charge in [0.25, 0.3) is 0 Å². The van der Waals surface area contributed by atoms with E-state index in [-0.39, 0.29) is 0 Å². The lowest BCUT2D eigenvalue weighted by atomic mass is 10.2. The van der Waals surface area contributed by atoms with E-state index in [1.54, 1.807) is 11.8 Å². The Labute approximate surface area is 108 Å². The minimum atomic E-state index is 0.591. The Morgan fingerprint density at radius 2 is 2.12 bits per heavy atom. The lowest BCUT2D eigenvalue weighted by Gasteiger charge is -2.01. The number of rotatable bonds is 6. The van der Waals surface area contributed by atoms with E-state index in [4.69, 9.17) is 4.74 Å². The lowest BCUT2D eigenvalue weighted by molar-refractivity contribution is 0.169. The summed E-state index contributed by atoms with van der Waals surface area (Å²) in [6.45, 7) is 0.630. The molecule has 1 aromatic carbocycles. The van der Waals surface area contributed by atoms with Crippen molar-refractivity contribution in [2.45, 2.75) is 10.9 Å². The summed E-state index contributed by atoms with van der Waals surface area (Å²) in [7, 11) is 1.83. The van der Waals surface area contributed by atoms with Crippen LogP contribution in [0.4, 0.5) is 5.13 Å². The van der Waals surface area contributed by atoms with Crippen LogP contribution in [0.1, 0.15) is 5.56 Å². The normalized spacial score (nSPS) is 10.4. The van der Waals surface area contributed by atoms with E-state index in [0.29, 0.717) is 12.5 Å². The van der Waals surface area contributed by atoms with Crippen molar-refractivity contribution < 1.29 is 4.74 Å². The largest absolute Gasteiger partial charge is 0.366 e. The minimum Gasteiger partial charge on any atom is -0.366 e. The van der Waals surface area contributed by atoms with Crippen molar-refractivity contribution in [3.8, 4) is 0 Å². The quantitative estimate of drug-likeness (QED) is 0.495. The fourth-order valence-electron chi connectivity index (χ4n) is 1.19. The van der Waals surface area contributed by atoms with Crippen LogP contribution in [0.25, 0.3) is 0 Å². The zero-order valence-electron chi connectivity index (χ0n) is 9.42. The molecule has 1 N–H and O–H groups in total. The number of hydrogen-bond acceptors (Lipinski definition) is 6. The van der Waals surface area contributed by atoms with Crippen LogP contribution in [0, 0.1) is 0 Å². The monoisotopic (exact) mass is 267 g/mol. The van der Waals surface area contributed by atoms with Crippen molar-refractivity contribution in [3.63, 3.8) is 0 Å². The summed E-state index contributed by atoms with van der Waals surface area (Å²) in [4.78, 5) is 0.